The number of hydrogen-bond donors (Lipinski definition) is 0. The highest BCUT2D eigenvalue weighted by Crippen LogP contribution is 2.55. The fourth-order valence-electron chi connectivity index (χ4n) is 7.74. The molecule has 0 fully saturated rings. The minimum atomic E-state index is 0.195. The van der Waals surface area contributed by atoms with E-state index >= 15 is 0 Å². The molecule has 0 unspecified atom stereocenters. The molecule has 43 heavy (non-hydrogen) atoms. The molecule has 0 amide bonds. The number of rotatable bonds is 24. The van der Waals surface area contributed by atoms with Crippen molar-refractivity contribution in [2.24, 2.45) is 0 Å². The Kier molecular flexibility index (Phi) is 16.5. The molecule has 0 aromatic heterocycles. The second-order valence-electron chi connectivity index (χ2n) is 14.9. The van der Waals surface area contributed by atoms with Crippen molar-refractivity contribution in [2.45, 2.75) is 200 Å². The van der Waals surface area contributed by atoms with Gasteiger partial charge in [-0.25, -0.2) is 0 Å². The summed E-state index contributed by atoms with van der Waals surface area (Å²) in [5, 5.41) is 0. The summed E-state index contributed by atoms with van der Waals surface area (Å²) in [7, 11) is 0. The molecule has 242 valence electrons. The van der Waals surface area contributed by atoms with E-state index in [2.05, 4.69) is 77.9 Å². The van der Waals surface area contributed by atoms with Crippen molar-refractivity contribution in [1.29, 1.82) is 0 Å². The van der Waals surface area contributed by atoms with Crippen molar-refractivity contribution in [3.05, 3.63) is 58.7 Å². The molecule has 0 saturated heterocycles. The Morgan fingerprint density at radius 1 is 0.419 bits per heavy atom. The van der Waals surface area contributed by atoms with Gasteiger partial charge in [-0.05, 0) is 58.1 Å². The van der Waals surface area contributed by atoms with E-state index in [9.17, 15) is 0 Å². The van der Waals surface area contributed by atoms with Gasteiger partial charge in [0.2, 0.25) is 0 Å². The molecule has 0 heterocycles. The number of benzene rings is 2. The molecule has 0 nitrogen and oxygen atoms in total. The summed E-state index contributed by atoms with van der Waals surface area (Å²) in [5.74, 6) is 1.15. The second-order valence-corrected chi connectivity index (χ2v) is 14.9. The molecule has 0 N–H and O–H groups in total. The van der Waals surface area contributed by atoms with Gasteiger partial charge < -0.3 is 0 Å². The Morgan fingerprint density at radius 2 is 0.721 bits per heavy atom. The normalized spacial score (nSPS) is 13.7. The van der Waals surface area contributed by atoms with Gasteiger partial charge in [0.1, 0.15) is 0 Å². The van der Waals surface area contributed by atoms with E-state index in [0.717, 1.165) is 0 Å². The van der Waals surface area contributed by atoms with Crippen LogP contribution >= 0.6 is 0 Å². The van der Waals surface area contributed by atoms with Crippen molar-refractivity contribution in [1.82, 2.24) is 0 Å². The Hall–Kier alpha value is -1.56. The average molecular weight is 587 g/mol. The molecule has 0 aliphatic heterocycles. The van der Waals surface area contributed by atoms with Crippen molar-refractivity contribution in [3.8, 4) is 11.1 Å². The van der Waals surface area contributed by atoms with Gasteiger partial charge in [-0.15, -0.1) is 0 Å². The molecule has 3 rings (SSSR count). The van der Waals surface area contributed by atoms with Crippen LogP contribution in [0.5, 0.6) is 0 Å². The maximum absolute atomic E-state index is 2.64. The van der Waals surface area contributed by atoms with Crippen LogP contribution < -0.4 is 0 Å². The van der Waals surface area contributed by atoms with Crippen LogP contribution in [0.1, 0.15) is 217 Å². The van der Waals surface area contributed by atoms with E-state index in [0.29, 0.717) is 11.8 Å². The molecular formula is C43H70. The number of fused-ring (bicyclic) bond motifs is 3. The van der Waals surface area contributed by atoms with Crippen LogP contribution in [0.3, 0.4) is 0 Å². The van der Waals surface area contributed by atoms with Crippen LogP contribution in [0, 0.1) is 0 Å². The number of hydrogen-bond acceptors (Lipinski definition) is 0. The van der Waals surface area contributed by atoms with Gasteiger partial charge in [-0.3, -0.25) is 0 Å². The van der Waals surface area contributed by atoms with Crippen molar-refractivity contribution in [2.75, 3.05) is 0 Å². The van der Waals surface area contributed by atoms with E-state index in [4.69, 9.17) is 0 Å². The molecule has 0 atom stereocenters. The molecule has 0 saturated carbocycles. The summed E-state index contributed by atoms with van der Waals surface area (Å²) < 4.78 is 0. The van der Waals surface area contributed by atoms with Gasteiger partial charge in [-0.2, -0.15) is 0 Å². The highest BCUT2D eigenvalue weighted by atomic mass is 14.5. The monoisotopic (exact) mass is 587 g/mol. The first-order valence-corrected chi connectivity index (χ1v) is 19.2. The zero-order valence-corrected chi connectivity index (χ0v) is 29.7. The lowest BCUT2D eigenvalue weighted by Gasteiger charge is -2.34. The average Bonchev–Trinajstić information content (AvgIpc) is 3.27. The highest BCUT2D eigenvalue weighted by Gasteiger charge is 2.42. The molecule has 0 spiro atoms. The highest BCUT2D eigenvalue weighted by molar-refractivity contribution is 5.82. The maximum atomic E-state index is 2.64. The molecule has 1 aliphatic carbocycles. The lowest BCUT2D eigenvalue weighted by atomic mass is 9.69. The first kappa shape index (κ1) is 35.9. The predicted molar refractivity (Wildman–Crippen MR) is 194 cm³/mol. The first-order valence-electron chi connectivity index (χ1n) is 19.2. The quantitative estimate of drug-likeness (QED) is 0.107. The molecule has 1 aliphatic rings. The minimum Gasteiger partial charge on any atom is -0.0654 e. The molecular weight excluding hydrogens is 516 g/mol. The van der Waals surface area contributed by atoms with Crippen LogP contribution in [0.2, 0.25) is 0 Å². The summed E-state index contributed by atoms with van der Waals surface area (Å²) in [6, 6.07) is 15.1. The second kappa shape index (κ2) is 19.7. The standard InChI is InChI=1S/C43H70/c1-7-9-11-13-15-17-19-21-23-25-31-43(32-26-24-22-20-18-16-14-12-10-8-2)41-33-37(35(3)4)27-29-39(41)40-30-28-38(36(5)6)34-42(40)43/h27-30,33-36H,7-26,31-32H2,1-6H3. The zero-order valence-electron chi connectivity index (χ0n) is 29.7. The minimum absolute atomic E-state index is 0.195. The first-order chi connectivity index (χ1) is 20.9. The van der Waals surface area contributed by atoms with Crippen molar-refractivity contribution in [3.63, 3.8) is 0 Å². The molecule has 2 aromatic rings. The van der Waals surface area contributed by atoms with Gasteiger partial charge in [0, 0.05) is 5.41 Å². The summed E-state index contributed by atoms with van der Waals surface area (Å²) in [6.07, 6.45) is 30.9. The van der Waals surface area contributed by atoms with Crippen LogP contribution in [0.15, 0.2) is 36.4 Å². The van der Waals surface area contributed by atoms with Gasteiger partial charge in [-0.1, -0.05) is 206 Å². The predicted octanol–water partition coefficient (Wildman–Crippen LogP) is 14.8. The van der Waals surface area contributed by atoms with Crippen LogP contribution in [0.25, 0.3) is 11.1 Å². The number of unbranched alkanes of at least 4 members (excludes halogenated alkanes) is 18. The fraction of sp³-hybridized carbons (Fsp3) is 0.721. The van der Waals surface area contributed by atoms with Crippen LogP contribution in [-0.2, 0) is 5.41 Å². The van der Waals surface area contributed by atoms with E-state index in [1.807, 2.05) is 0 Å². The Bertz CT molecular complexity index is 941. The van der Waals surface area contributed by atoms with Gasteiger partial charge >= 0.3 is 0 Å². The van der Waals surface area contributed by atoms with E-state index < -0.39 is 0 Å². The Morgan fingerprint density at radius 3 is 1.02 bits per heavy atom. The Labute approximate surface area is 269 Å². The van der Waals surface area contributed by atoms with Crippen molar-refractivity contribution < 1.29 is 0 Å². The molecule has 2 aromatic carbocycles. The van der Waals surface area contributed by atoms with Gasteiger partial charge in [0.25, 0.3) is 0 Å². The summed E-state index contributed by atoms with van der Waals surface area (Å²) in [4.78, 5) is 0. The van der Waals surface area contributed by atoms with E-state index in [-0.39, 0.29) is 5.41 Å². The lowest BCUT2D eigenvalue weighted by Crippen LogP contribution is -2.26. The lowest BCUT2D eigenvalue weighted by molar-refractivity contribution is 0.396. The smallest absolute Gasteiger partial charge is 0.0215 e. The summed E-state index contributed by atoms with van der Waals surface area (Å²) >= 11 is 0. The van der Waals surface area contributed by atoms with Crippen molar-refractivity contribution >= 4 is 0 Å². The molecule has 0 bridgehead atoms. The molecule has 0 heteroatoms. The largest absolute Gasteiger partial charge is 0.0654 e. The summed E-state index contributed by atoms with van der Waals surface area (Å²) in [5.41, 5.74) is 9.64. The maximum Gasteiger partial charge on any atom is 0.0215 e. The van der Waals surface area contributed by atoms with E-state index in [1.165, 1.54) is 164 Å². The SMILES string of the molecule is CCCCCCCCCCCCC1(CCCCCCCCCCCC)c2cc(C(C)C)ccc2-c2ccc(C(C)C)cc21. The third kappa shape index (κ3) is 10.8. The zero-order chi connectivity index (χ0) is 30.9. The van der Waals surface area contributed by atoms with E-state index in [1.54, 1.807) is 11.1 Å². The van der Waals surface area contributed by atoms with Gasteiger partial charge in [0.15, 0.2) is 0 Å². The van der Waals surface area contributed by atoms with Gasteiger partial charge in [0.05, 0.1) is 0 Å². The third-order valence-corrected chi connectivity index (χ3v) is 10.7. The van der Waals surface area contributed by atoms with Crippen LogP contribution in [0.4, 0.5) is 0 Å². The Balaban J connectivity index is 1.72. The van der Waals surface area contributed by atoms with Crippen LogP contribution in [-0.4, -0.2) is 0 Å². The third-order valence-electron chi connectivity index (χ3n) is 10.7. The molecule has 0 radical (unpaired) electrons. The summed E-state index contributed by atoms with van der Waals surface area (Å²) in [6.45, 7) is 14.1. The fourth-order valence-corrected chi connectivity index (χ4v) is 7.74. The topological polar surface area (TPSA) is 0 Å².